The Bertz CT molecular complexity index is 1030. The topological polar surface area (TPSA) is 67.0 Å². The summed E-state index contributed by atoms with van der Waals surface area (Å²) in [5.74, 6) is 0. The Balaban J connectivity index is 2.21. The minimum absolute atomic E-state index is 0.132. The van der Waals surface area contributed by atoms with Gasteiger partial charge >= 0.3 is 0 Å². The SMILES string of the molecule is CCc1ccc(S(=O)(=O)c2c[nH]c3ccc(C)cc3c2=O)cc1. The van der Waals surface area contributed by atoms with Crippen molar-refractivity contribution in [3.63, 3.8) is 0 Å². The molecule has 0 atom stereocenters. The molecule has 3 rings (SSSR count). The molecule has 0 unspecified atom stereocenters. The van der Waals surface area contributed by atoms with Crippen LogP contribution in [0.3, 0.4) is 0 Å². The maximum absolute atomic E-state index is 12.8. The van der Waals surface area contributed by atoms with E-state index < -0.39 is 15.3 Å². The molecule has 0 aliphatic carbocycles. The second-order valence-electron chi connectivity index (χ2n) is 5.53. The quantitative estimate of drug-likeness (QED) is 0.803. The van der Waals surface area contributed by atoms with E-state index in [1.165, 1.54) is 6.20 Å². The fourth-order valence-corrected chi connectivity index (χ4v) is 3.86. The summed E-state index contributed by atoms with van der Waals surface area (Å²) >= 11 is 0. The highest BCUT2D eigenvalue weighted by Crippen LogP contribution is 2.20. The number of nitrogens with one attached hydrogen (secondary N) is 1. The van der Waals surface area contributed by atoms with Crippen molar-refractivity contribution < 1.29 is 8.42 Å². The van der Waals surface area contributed by atoms with Gasteiger partial charge in [-0.1, -0.05) is 30.7 Å². The van der Waals surface area contributed by atoms with Crippen molar-refractivity contribution in [2.45, 2.75) is 30.1 Å². The van der Waals surface area contributed by atoms with Gasteiger partial charge in [0.15, 0.2) is 0 Å². The van der Waals surface area contributed by atoms with Crippen LogP contribution in [0.5, 0.6) is 0 Å². The molecule has 0 fully saturated rings. The average Bonchev–Trinajstić information content (AvgIpc) is 2.55. The van der Waals surface area contributed by atoms with Crippen molar-refractivity contribution in [3.8, 4) is 0 Å². The summed E-state index contributed by atoms with van der Waals surface area (Å²) in [6, 6.07) is 12.0. The third kappa shape index (κ3) is 2.68. The minimum atomic E-state index is -3.84. The van der Waals surface area contributed by atoms with Gasteiger partial charge in [-0.05, 0) is 43.2 Å². The van der Waals surface area contributed by atoms with E-state index in [9.17, 15) is 13.2 Å². The van der Waals surface area contributed by atoms with Crippen molar-refractivity contribution >= 4 is 20.7 Å². The number of pyridine rings is 1. The van der Waals surface area contributed by atoms with Crippen LogP contribution in [0.2, 0.25) is 0 Å². The normalized spacial score (nSPS) is 11.7. The number of fused-ring (bicyclic) bond motifs is 1. The minimum Gasteiger partial charge on any atom is -0.360 e. The molecule has 0 amide bonds. The molecule has 0 aliphatic heterocycles. The van der Waals surface area contributed by atoms with Crippen LogP contribution in [0.4, 0.5) is 0 Å². The molecule has 23 heavy (non-hydrogen) atoms. The summed E-state index contributed by atoms with van der Waals surface area (Å²) in [5.41, 5.74) is 2.11. The maximum Gasteiger partial charge on any atom is 0.211 e. The second kappa shape index (κ2) is 5.66. The number of aromatic nitrogens is 1. The second-order valence-corrected chi connectivity index (χ2v) is 7.45. The molecular weight excluding hydrogens is 310 g/mol. The molecule has 0 saturated carbocycles. The third-order valence-electron chi connectivity index (χ3n) is 3.93. The summed E-state index contributed by atoms with van der Waals surface area (Å²) in [5, 5.41) is 0.385. The molecule has 4 nitrogen and oxygen atoms in total. The van der Waals surface area contributed by atoms with E-state index in [2.05, 4.69) is 4.98 Å². The van der Waals surface area contributed by atoms with Crippen molar-refractivity contribution in [2.24, 2.45) is 0 Å². The Hall–Kier alpha value is -2.40. The lowest BCUT2D eigenvalue weighted by atomic mass is 10.1. The summed E-state index contributed by atoms with van der Waals surface area (Å²) in [6.45, 7) is 3.86. The van der Waals surface area contributed by atoms with Gasteiger partial charge in [0.25, 0.3) is 0 Å². The first kappa shape index (κ1) is 15.5. The molecule has 0 aliphatic rings. The van der Waals surface area contributed by atoms with Crippen LogP contribution < -0.4 is 5.43 Å². The van der Waals surface area contributed by atoms with Gasteiger partial charge < -0.3 is 4.98 Å². The van der Waals surface area contributed by atoms with Gasteiger partial charge in [-0.25, -0.2) is 8.42 Å². The van der Waals surface area contributed by atoms with Gasteiger partial charge in [-0.3, -0.25) is 4.79 Å². The van der Waals surface area contributed by atoms with E-state index in [0.717, 1.165) is 17.5 Å². The molecule has 0 bridgehead atoms. The van der Waals surface area contributed by atoms with Gasteiger partial charge in [-0.2, -0.15) is 0 Å². The zero-order valence-corrected chi connectivity index (χ0v) is 13.8. The first-order valence-electron chi connectivity index (χ1n) is 7.39. The number of sulfone groups is 1. The van der Waals surface area contributed by atoms with Gasteiger partial charge in [0, 0.05) is 17.1 Å². The smallest absolute Gasteiger partial charge is 0.211 e. The van der Waals surface area contributed by atoms with E-state index in [0.29, 0.717) is 10.9 Å². The lowest BCUT2D eigenvalue weighted by molar-refractivity contribution is 0.595. The summed E-state index contributed by atoms with van der Waals surface area (Å²) in [4.78, 5) is 15.4. The highest BCUT2D eigenvalue weighted by Gasteiger charge is 2.22. The van der Waals surface area contributed by atoms with Crippen LogP contribution in [0.1, 0.15) is 18.1 Å². The maximum atomic E-state index is 12.8. The predicted molar refractivity (Wildman–Crippen MR) is 90.6 cm³/mol. The zero-order valence-electron chi connectivity index (χ0n) is 13.0. The van der Waals surface area contributed by atoms with Gasteiger partial charge in [0.1, 0.15) is 4.90 Å². The molecule has 2 aromatic carbocycles. The molecular formula is C18H17NO3S. The van der Waals surface area contributed by atoms with Crippen molar-refractivity contribution in [1.29, 1.82) is 0 Å². The molecule has 1 N–H and O–H groups in total. The van der Waals surface area contributed by atoms with Crippen LogP contribution >= 0.6 is 0 Å². The van der Waals surface area contributed by atoms with Crippen LogP contribution in [0.15, 0.2) is 63.2 Å². The van der Waals surface area contributed by atoms with Gasteiger partial charge in [-0.15, -0.1) is 0 Å². The van der Waals surface area contributed by atoms with Crippen molar-refractivity contribution in [1.82, 2.24) is 4.98 Å². The Kier molecular flexibility index (Phi) is 3.82. The van der Waals surface area contributed by atoms with E-state index in [1.807, 2.05) is 19.9 Å². The highest BCUT2D eigenvalue weighted by atomic mass is 32.2. The van der Waals surface area contributed by atoms with Crippen LogP contribution in [-0.2, 0) is 16.3 Å². The Morgan fingerprint density at radius 1 is 1.04 bits per heavy atom. The van der Waals surface area contributed by atoms with Crippen molar-refractivity contribution in [2.75, 3.05) is 0 Å². The van der Waals surface area contributed by atoms with E-state index >= 15 is 0 Å². The average molecular weight is 327 g/mol. The van der Waals surface area contributed by atoms with Crippen molar-refractivity contribution in [3.05, 3.63) is 70.0 Å². The van der Waals surface area contributed by atoms with E-state index in [-0.39, 0.29) is 9.79 Å². The number of hydrogen-bond acceptors (Lipinski definition) is 3. The largest absolute Gasteiger partial charge is 0.360 e. The highest BCUT2D eigenvalue weighted by molar-refractivity contribution is 7.91. The third-order valence-corrected chi connectivity index (χ3v) is 5.71. The lowest BCUT2D eigenvalue weighted by Crippen LogP contribution is -2.16. The monoisotopic (exact) mass is 327 g/mol. The Labute approximate surface area is 134 Å². The number of aryl methyl sites for hydroxylation is 2. The van der Waals surface area contributed by atoms with Crippen LogP contribution in [0, 0.1) is 6.92 Å². The number of benzene rings is 2. The first-order valence-corrected chi connectivity index (χ1v) is 8.88. The summed E-state index contributed by atoms with van der Waals surface area (Å²) in [6.07, 6.45) is 2.11. The number of H-pyrrole nitrogens is 1. The Morgan fingerprint density at radius 3 is 2.39 bits per heavy atom. The molecule has 3 aromatic rings. The molecule has 1 aromatic heterocycles. The molecule has 0 saturated heterocycles. The standard InChI is InChI=1S/C18H17NO3S/c1-3-13-5-7-14(8-6-13)23(21,22)17-11-19-16-9-4-12(2)10-15(16)18(17)20/h4-11H,3H2,1-2H3,(H,19,20). The Morgan fingerprint density at radius 2 is 1.74 bits per heavy atom. The van der Waals surface area contributed by atoms with Crippen LogP contribution in [0.25, 0.3) is 10.9 Å². The van der Waals surface area contributed by atoms with Gasteiger partial charge in [0.2, 0.25) is 15.3 Å². The summed E-state index contributed by atoms with van der Waals surface area (Å²) in [7, 11) is -3.84. The lowest BCUT2D eigenvalue weighted by Gasteiger charge is -2.07. The van der Waals surface area contributed by atoms with Crippen LogP contribution in [-0.4, -0.2) is 13.4 Å². The number of rotatable bonds is 3. The fraction of sp³-hybridized carbons (Fsp3) is 0.167. The first-order chi connectivity index (χ1) is 10.9. The number of hydrogen-bond donors (Lipinski definition) is 1. The number of aromatic amines is 1. The molecule has 0 radical (unpaired) electrons. The predicted octanol–water partition coefficient (Wildman–Crippen LogP) is 3.23. The van der Waals surface area contributed by atoms with E-state index in [1.54, 1.807) is 36.4 Å². The summed E-state index contributed by atoms with van der Waals surface area (Å²) < 4.78 is 25.5. The van der Waals surface area contributed by atoms with Gasteiger partial charge in [0.05, 0.1) is 4.90 Å². The molecule has 0 spiro atoms. The molecule has 1 heterocycles. The molecule has 5 heteroatoms. The zero-order chi connectivity index (χ0) is 16.6. The van der Waals surface area contributed by atoms with E-state index in [4.69, 9.17) is 0 Å². The molecule has 118 valence electrons. The fourth-order valence-electron chi connectivity index (χ4n) is 2.54.